The molecule has 0 bridgehead atoms. The first-order chi connectivity index (χ1) is 10.2. The summed E-state index contributed by atoms with van der Waals surface area (Å²) in [4.78, 5) is 8.58. The van der Waals surface area contributed by atoms with E-state index in [2.05, 4.69) is 15.3 Å². The molecule has 0 spiro atoms. The smallest absolute Gasteiger partial charge is 0.222 e. The van der Waals surface area contributed by atoms with Gasteiger partial charge in [0.05, 0.1) is 18.0 Å². The Morgan fingerprint density at radius 3 is 2.48 bits per heavy atom. The molecule has 1 heterocycles. The number of nitrogens with zero attached hydrogens (tertiary/aromatic N) is 2. The van der Waals surface area contributed by atoms with Gasteiger partial charge in [-0.05, 0) is 29.3 Å². The summed E-state index contributed by atoms with van der Waals surface area (Å²) in [5.41, 5.74) is 8.70. The molecular weight excluding hydrogens is 264 g/mol. The Labute approximate surface area is 122 Å². The van der Waals surface area contributed by atoms with E-state index in [9.17, 15) is 0 Å². The minimum Gasteiger partial charge on any atom is -0.497 e. The number of benzene rings is 2. The lowest BCUT2D eigenvalue weighted by Gasteiger charge is -2.11. The molecule has 0 amide bonds. The van der Waals surface area contributed by atoms with Gasteiger partial charge >= 0.3 is 0 Å². The van der Waals surface area contributed by atoms with Crippen molar-refractivity contribution in [3.05, 3.63) is 42.5 Å². The molecular formula is C16H16N4O. The molecule has 0 atom stereocenters. The summed E-state index contributed by atoms with van der Waals surface area (Å²) in [6.45, 7) is 0. The summed E-state index contributed by atoms with van der Waals surface area (Å²) >= 11 is 0. The van der Waals surface area contributed by atoms with Crippen LogP contribution in [0.2, 0.25) is 0 Å². The van der Waals surface area contributed by atoms with Crippen molar-refractivity contribution in [2.75, 3.05) is 25.2 Å². The molecule has 106 valence electrons. The van der Waals surface area contributed by atoms with Crippen LogP contribution < -0.4 is 15.8 Å². The van der Waals surface area contributed by atoms with Crippen LogP contribution in [0.1, 0.15) is 0 Å². The van der Waals surface area contributed by atoms with Crippen molar-refractivity contribution < 1.29 is 4.74 Å². The van der Waals surface area contributed by atoms with Gasteiger partial charge in [-0.25, -0.2) is 4.98 Å². The van der Waals surface area contributed by atoms with E-state index in [1.54, 1.807) is 7.11 Å². The second-order valence-corrected chi connectivity index (χ2v) is 4.61. The Morgan fingerprint density at radius 2 is 1.81 bits per heavy atom. The lowest BCUT2D eigenvalue weighted by molar-refractivity contribution is 0.415. The number of hydrogen-bond donors (Lipinski definition) is 2. The summed E-state index contributed by atoms with van der Waals surface area (Å²) in [7, 11) is 3.48. The molecule has 0 aliphatic carbocycles. The lowest BCUT2D eigenvalue weighted by atomic mass is 10.0. The molecule has 0 aliphatic heterocycles. The van der Waals surface area contributed by atoms with Crippen LogP contribution in [-0.2, 0) is 0 Å². The maximum absolute atomic E-state index is 5.75. The molecule has 0 radical (unpaired) electrons. The third-order valence-electron chi connectivity index (χ3n) is 3.38. The van der Waals surface area contributed by atoms with E-state index < -0.39 is 0 Å². The minimum absolute atomic E-state index is 0.263. The van der Waals surface area contributed by atoms with Gasteiger partial charge in [0.1, 0.15) is 11.6 Å². The Morgan fingerprint density at radius 1 is 1.05 bits per heavy atom. The van der Waals surface area contributed by atoms with Crippen LogP contribution >= 0.6 is 0 Å². The van der Waals surface area contributed by atoms with Crippen molar-refractivity contribution in [3.63, 3.8) is 0 Å². The summed E-state index contributed by atoms with van der Waals surface area (Å²) in [5, 5.41) is 4.05. The van der Waals surface area contributed by atoms with Crippen molar-refractivity contribution in [3.8, 4) is 16.9 Å². The van der Waals surface area contributed by atoms with Crippen LogP contribution in [0.3, 0.4) is 0 Å². The molecule has 0 aliphatic rings. The van der Waals surface area contributed by atoms with Gasteiger partial charge < -0.3 is 15.8 Å². The quantitative estimate of drug-likeness (QED) is 0.771. The van der Waals surface area contributed by atoms with Gasteiger partial charge in [0, 0.05) is 7.05 Å². The highest BCUT2D eigenvalue weighted by Crippen LogP contribution is 2.33. The van der Waals surface area contributed by atoms with Crippen molar-refractivity contribution in [2.24, 2.45) is 0 Å². The number of ether oxygens (including phenoxy) is 1. The molecule has 3 N–H and O–H groups in total. The molecule has 3 aromatic rings. The minimum atomic E-state index is 0.263. The summed E-state index contributed by atoms with van der Waals surface area (Å²) in [5.74, 6) is 1.82. The van der Waals surface area contributed by atoms with E-state index in [0.29, 0.717) is 0 Å². The van der Waals surface area contributed by atoms with Gasteiger partial charge in [-0.1, -0.05) is 24.3 Å². The number of nitrogens with one attached hydrogen (secondary N) is 1. The van der Waals surface area contributed by atoms with Gasteiger partial charge in [-0.2, -0.15) is 4.98 Å². The number of rotatable bonds is 3. The number of methoxy groups -OCH3 is 1. The lowest BCUT2D eigenvalue weighted by Crippen LogP contribution is -2.01. The monoisotopic (exact) mass is 280 g/mol. The van der Waals surface area contributed by atoms with E-state index in [-0.39, 0.29) is 5.95 Å². The van der Waals surface area contributed by atoms with Crippen molar-refractivity contribution >= 4 is 22.7 Å². The zero-order valence-corrected chi connectivity index (χ0v) is 11.9. The topological polar surface area (TPSA) is 73.1 Å². The highest BCUT2D eigenvalue weighted by atomic mass is 16.5. The summed E-state index contributed by atoms with van der Waals surface area (Å²) in [6, 6.07) is 13.9. The zero-order chi connectivity index (χ0) is 14.8. The third-order valence-corrected chi connectivity index (χ3v) is 3.38. The van der Waals surface area contributed by atoms with E-state index in [1.165, 1.54) is 0 Å². The predicted octanol–water partition coefficient (Wildman–Crippen LogP) is 2.93. The van der Waals surface area contributed by atoms with Crippen LogP contribution in [0.5, 0.6) is 5.75 Å². The Balaban J connectivity index is 2.26. The van der Waals surface area contributed by atoms with E-state index in [4.69, 9.17) is 10.5 Å². The number of aromatic nitrogens is 2. The largest absolute Gasteiger partial charge is 0.497 e. The molecule has 3 rings (SSSR count). The summed E-state index contributed by atoms with van der Waals surface area (Å²) in [6.07, 6.45) is 0. The van der Waals surface area contributed by atoms with Crippen molar-refractivity contribution in [2.45, 2.75) is 0 Å². The molecule has 5 nitrogen and oxygen atoms in total. The fourth-order valence-electron chi connectivity index (χ4n) is 2.39. The SMILES string of the molecule is CNc1nc(N)nc2cccc(-c3ccc(OC)cc3)c12. The van der Waals surface area contributed by atoms with Crippen LogP contribution in [0.4, 0.5) is 11.8 Å². The zero-order valence-electron chi connectivity index (χ0n) is 11.9. The van der Waals surface area contributed by atoms with Gasteiger partial charge in [0.2, 0.25) is 5.95 Å². The Kier molecular flexibility index (Phi) is 3.31. The molecule has 1 aromatic heterocycles. The van der Waals surface area contributed by atoms with Crippen LogP contribution in [-0.4, -0.2) is 24.1 Å². The first-order valence-corrected chi connectivity index (χ1v) is 6.61. The predicted molar refractivity (Wildman–Crippen MR) is 85.5 cm³/mol. The fraction of sp³-hybridized carbons (Fsp3) is 0.125. The molecule has 5 heteroatoms. The first kappa shape index (κ1) is 13.2. The molecule has 21 heavy (non-hydrogen) atoms. The van der Waals surface area contributed by atoms with Gasteiger partial charge in [-0.15, -0.1) is 0 Å². The van der Waals surface area contributed by atoms with Crippen molar-refractivity contribution in [1.29, 1.82) is 0 Å². The average Bonchev–Trinajstić information content (AvgIpc) is 2.53. The van der Waals surface area contributed by atoms with Crippen LogP contribution in [0, 0.1) is 0 Å². The second kappa shape index (κ2) is 5.28. The van der Waals surface area contributed by atoms with Crippen LogP contribution in [0.15, 0.2) is 42.5 Å². The number of hydrogen-bond acceptors (Lipinski definition) is 5. The molecule has 2 aromatic carbocycles. The molecule has 0 fully saturated rings. The van der Waals surface area contributed by atoms with E-state index in [0.717, 1.165) is 33.6 Å². The number of fused-ring (bicyclic) bond motifs is 1. The summed E-state index contributed by atoms with van der Waals surface area (Å²) < 4.78 is 5.20. The Hall–Kier alpha value is -2.82. The number of nitrogens with two attached hydrogens (primary N) is 1. The van der Waals surface area contributed by atoms with E-state index in [1.807, 2.05) is 49.5 Å². The maximum Gasteiger partial charge on any atom is 0.222 e. The number of anilines is 2. The van der Waals surface area contributed by atoms with Crippen molar-refractivity contribution in [1.82, 2.24) is 9.97 Å². The molecule has 0 saturated carbocycles. The molecule has 0 saturated heterocycles. The van der Waals surface area contributed by atoms with Gasteiger partial charge in [-0.3, -0.25) is 0 Å². The third kappa shape index (κ3) is 2.33. The second-order valence-electron chi connectivity index (χ2n) is 4.61. The normalized spacial score (nSPS) is 10.6. The standard InChI is InChI=1S/C16H16N4O/c1-18-15-14-12(10-6-8-11(21-2)9-7-10)4-3-5-13(14)19-16(17)20-15/h3-9H,1-2H3,(H3,17,18,19,20). The van der Waals surface area contributed by atoms with Gasteiger partial charge in [0.25, 0.3) is 0 Å². The Bertz CT molecular complexity index is 784. The average molecular weight is 280 g/mol. The highest BCUT2D eigenvalue weighted by Gasteiger charge is 2.11. The fourth-order valence-corrected chi connectivity index (χ4v) is 2.39. The first-order valence-electron chi connectivity index (χ1n) is 6.61. The van der Waals surface area contributed by atoms with Gasteiger partial charge in [0.15, 0.2) is 0 Å². The molecule has 0 unspecified atom stereocenters. The highest BCUT2D eigenvalue weighted by molar-refractivity contribution is 6.02. The van der Waals surface area contributed by atoms with E-state index >= 15 is 0 Å². The van der Waals surface area contributed by atoms with Crippen LogP contribution in [0.25, 0.3) is 22.0 Å². The number of nitrogen functional groups attached to an aromatic ring is 1. The maximum atomic E-state index is 5.75.